The lowest BCUT2D eigenvalue weighted by atomic mass is 9.89. The Kier molecular flexibility index (Phi) is 31.5. The summed E-state index contributed by atoms with van der Waals surface area (Å²) in [7, 11) is 0. The number of nitrogens with two attached hydrogens (primary N) is 4. The molecule has 3 rings (SSSR count). The Morgan fingerprint density at radius 2 is 1.11 bits per heavy atom. The quantitative estimate of drug-likeness (QED) is 0.0570. The molecule has 446 valence electrons. The molecule has 0 spiro atoms. The summed E-state index contributed by atoms with van der Waals surface area (Å²) in [5, 5.41) is 30.0. The molecular formula is C59H95N11O10. The summed E-state index contributed by atoms with van der Waals surface area (Å²) in [6, 6.07) is 9.21. The van der Waals surface area contributed by atoms with Crippen LogP contribution in [0, 0.1) is 23.7 Å². The van der Waals surface area contributed by atoms with E-state index in [-0.39, 0.29) is 121 Å². The molecular weight excluding hydrogens is 1020 g/mol. The highest BCUT2D eigenvalue weighted by atomic mass is 16.3. The molecule has 16 N–H and O–H groups in total. The van der Waals surface area contributed by atoms with Gasteiger partial charge in [0.1, 0.15) is 36.0 Å². The summed E-state index contributed by atoms with van der Waals surface area (Å²) in [5.74, 6) is -8.06. The van der Waals surface area contributed by atoms with Gasteiger partial charge in [-0.15, -0.1) is 0 Å². The summed E-state index contributed by atoms with van der Waals surface area (Å²) in [6.45, 7) is 9.21. The number of rotatable bonds is 27. The second-order valence-electron chi connectivity index (χ2n) is 22.2. The predicted octanol–water partition coefficient (Wildman–Crippen LogP) is 2.07. The van der Waals surface area contributed by atoms with Gasteiger partial charge in [-0.1, -0.05) is 121 Å². The van der Waals surface area contributed by atoms with Crippen molar-refractivity contribution in [1.82, 2.24) is 37.2 Å². The van der Waals surface area contributed by atoms with Crippen molar-refractivity contribution in [3.05, 3.63) is 60.2 Å². The van der Waals surface area contributed by atoms with Gasteiger partial charge in [0, 0.05) is 44.1 Å². The van der Waals surface area contributed by atoms with E-state index in [1.807, 2.05) is 82.3 Å². The maximum atomic E-state index is 14.7. The summed E-state index contributed by atoms with van der Waals surface area (Å²) < 4.78 is 0. The lowest BCUT2D eigenvalue weighted by Gasteiger charge is -2.28. The Bertz CT molecular complexity index is 2270. The first-order chi connectivity index (χ1) is 38.2. The van der Waals surface area contributed by atoms with Gasteiger partial charge in [-0.2, -0.15) is 0 Å². The van der Waals surface area contributed by atoms with Gasteiger partial charge >= 0.3 is 0 Å². The first-order valence-corrected chi connectivity index (χ1v) is 29.0. The zero-order valence-electron chi connectivity index (χ0n) is 48.0. The number of ketones is 2. The van der Waals surface area contributed by atoms with Crippen LogP contribution in [0.4, 0.5) is 0 Å². The number of Topliss-reactive ketones (excluding diaryl/α,β-unsaturated/α-hetero) is 2. The molecule has 0 aromatic heterocycles. The van der Waals surface area contributed by atoms with Crippen LogP contribution >= 0.6 is 0 Å². The van der Waals surface area contributed by atoms with Crippen LogP contribution in [0.15, 0.2) is 54.6 Å². The average Bonchev–Trinajstić information content (AvgIpc) is 3.43. The molecule has 1 heterocycles. The van der Waals surface area contributed by atoms with Crippen molar-refractivity contribution in [3.63, 3.8) is 0 Å². The van der Waals surface area contributed by atoms with E-state index < -0.39 is 101 Å². The number of hydrogen-bond acceptors (Lipinski definition) is 14. The fourth-order valence-electron chi connectivity index (χ4n) is 9.84. The van der Waals surface area contributed by atoms with Crippen molar-refractivity contribution < 1.29 is 48.3 Å². The molecule has 80 heavy (non-hydrogen) atoms. The number of aliphatic hydroxyl groups excluding tert-OH is 1. The lowest BCUT2D eigenvalue weighted by Crippen LogP contribution is -2.60. The third-order valence-electron chi connectivity index (χ3n) is 14.2. The minimum Gasteiger partial charge on any atom is -0.393 e. The second-order valence-corrected chi connectivity index (χ2v) is 22.2. The first-order valence-electron chi connectivity index (χ1n) is 29.0. The van der Waals surface area contributed by atoms with Crippen LogP contribution in [-0.2, 0) is 49.6 Å². The Balaban J connectivity index is 2.13. The normalized spacial score (nSPS) is 22.3. The summed E-state index contributed by atoms with van der Waals surface area (Å²) in [4.78, 5) is 128. The van der Waals surface area contributed by atoms with E-state index in [9.17, 15) is 48.3 Å². The van der Waals surface area contributed by atoms with Crippen LogP contribution in [-0.4, -0.2) is 133 Å². The monoisotopic (exact) mass is 1120 g/mol. The SMILES string of the molecule is CCCCCCC[C@@H](O)CC(=O)C[C@@H](CCN)C(=O)N[C@@H]1CCNC(=O)[C@H](CC(C)C)CC(=O)[C@H](CCN)NC(=O)[C@H](CCN)NC(=O)[C@H](CC(C)C)NC(=O)[C@@H](Cc2ccc(-c3ccccc3)cc2)NC(=O)[C@H](CCN)NC1=O. The van der Waals surface area contributed by atoms with Gasteiger partial charge in [-0.05, 0) is 106 Å². The Labute approximate surface area is 473 Å². The molecule has 0 radical (unpaired) electrons. The van der Waals surface area contributed by atoms with Gasteiger partial charge in [0.25, 0.3) is 0 Å². The van der Waals surface area contributed by atoms with Gasteiger partial charge in [-0.25, -0.2) is 0 Å². The third-order valence-corrected chi connectivity index (χ3v) is 14.2. The molecule has 9 atom stereocenters. The van der Waals surface area contributed by atoms with Crippen molar-refractivity contribution in [3.8, 4) is 11.1 Å². The maximum absolute atomic E-state index is 14.7. The Hall–Kier alpha value is -6.13. The molecule has 21 nitrogen and oxygen atoms in total. The van der Waals surface area contributed by atoms with Gasteiger partial charge in [0.05, 0.1) is 12.1 Å². The zero-order valence-corrected chi connectivity index (χ0v) is 48.0. The van der Waals surface area contributed by atoms with Crippen molar-refractivity contribution in [2.45, 2.75) is 186 Å². The third kappa shape index (κ3) is 24.7. The van der Waals surface area contributed by atoms with Crippen molar-refractivity contribution in [2.75, 3.05) is 32.7 Å². The van der Waals surface area contributed by atoms with Crippen molar-refractivity contribution in [1.29, 1.82) is 0 Å². The van der Waals surface area contributed by atoms with Gasteiger partial charge in [0.2, 0.25) is 41.4 Å². The number of unbranched alkanes of at least 4 members (excludes halogenated alkanes) is 4. The van der Waals surface area contributed by atoms with Crippen LogP contribution in [0.1, 0.15) is 143 Å². The predicted molar refractivity (Wildman–Crippen MR) is 309 cm³/mol. The van der Waals surface area contributed by atoms with Gasteiger partial charge < -0.3 is 65.3 Å². The lowest BCUT2D eigenvalue weighted by molar-refractivity contribution is -0.136. The number of amides is 7. The largest absolute Gasteiger partial charge is 0.393 e. The van der Waals surface area contributed by atoms with E-state index in [0.717, 1.165) is 43.2 Å². The maximum Gasteiger partial charge on any atom is 0.243 e. The van der Waals surface area contributed by atoms with Crippen molar-refractivity contribution >= 4 is 52.9 Å². The van der Waals surface area contributed by atoms with E-state index in [2.05, 4.69) is 44.1 Å². The number of aliphatic hydroxyl groups is 1. The summed E-state index contributed by atoms with van der Waals surface area (Å²) in [5.41, 5.74) is 26.4. The summed E-state index contributed by atoms with van der Waals surface area (Å²) >= 11 is 0. The molecule has 7 amide bonds. The van der Waals surface area contributed by atoms with E-state index >= 15 is 0 Å². The van der Waals surface area contributed by atoms with Crippen LogP contribution in [0.3, 0.4) is 0 Å². The van der Waals surface area contributed by atoms with E-state index in [1.54, 1.807) is 0 Å². The van der Waals surface area contributed by atoms with Gasteiger partial charge in [0.15, 0.2) is 5.78 Å². The molecule has 1 aliphatic rings. The van der Waals surface area contributed by atoms with Crippen molar-refractivity contribution in [2.24, 2.45) is 46.6 Å². The minimum absolute atomic E-state index is 0.00817. The number of hydrogen-bond donors (Lipinski definition) is 12. The zero-order chi connectivity index (χ0) is 59.1. The van der Waals surface area contributed by atoms with E-state index in [1.165, 1.54) is 0 Å². The topological polar surface area (TPSA) is 362 Å². The highest BCUT2D eigenvalue weighted by Gasteiger charge is 2.36. The smallest absolute Gasteiger partial charge is 0.243 e. The second kappa shape index (κ2) is 37.0. The fraction of sp³-hybridized carbons (Fsp3) is 0.644. The van der Waals surface area contributed by atoms with Gasteiger partial charge in [-0.3, -0.25) is 43.2 Å². The molecule has 1 fully saturated rings. The molecule has 2 aromatic rings. The highest BCUT2D eigenvalue weighted by Crippen LogP contribution is 2.22. The molecule has 1 saturated heterocycles. The number of nitrogens with one attached hydrogen (secondary N) is 7. The number of carbonyl (C=O) groups excluding carboxylic acids is 9. The van der Waals surface area contributed by atoms with Crippen LogP contribution in [0.5, 0.6) is 0 Å². The Morgan fingerprint density at radius 3 is 1.70 bits per heavy atom. The first kappa shape index (κ1) is 68.1. The van der Waals surface area contributed by atoms with Crippen LogP contribution < -0.4 is 60.2 Å². The molecule has 0 aliphatic carbocycles. The molecule has 1 aliphatic heterocycles. The highest BCUT2D eigenvalue weighted by molar-refractivity contribution is 5.98. The van der Waals surface area contributed by atoms with Crippen LogP contribution in [0.2, 0.25) is 0 Å². The molecule has 2 aromatic carbocycles. The average molecular weight is 1120 g/mol. The molecule has 0 unspecified atom stereocenters. The number of benzene rings is 2. The van der Waals surface area contributed by atoms with E-state index in [4.69, 9.17) is 22.9 Å². The molecule has 0 saturated carbocycles. The fourth-order valence-corrected chi connectivity index (χ4v) is 9.84. The van der Waals surface area contributed by atoms with Crippen LogP contribution in [0.25, 0.3) is 11.1 Å². The standard InChI is InChI=1S/C59H95N11O10/c1-6-7-8-9-13-16-44(71)36-45(72)34-42(21-26-60)54(75)66-49-25-30-64-53(74)43(31-37(2)3)35-52(73)46(22-27-61)65-55(76)47(23-28-62)68-58(79)50(32-38(4)5)69-59(80)51(70-56(77)48(24-29-63)67-57(49)78)33-39-17-19-41(20-18-39)40-14-11-10-12-15-40/h10-12,14-15,17-20,37-38,42-44,46-51,71H,6-9,13,16,21-36,60-63H2,1-5H3,(H,64,74)(H,65,76)(H,66,75)(H,67,78)(H,68,79)(H,69,80)(H,70,77)/t42-,43-,44-,46+,47+,48+,49-,50+,51-/m1/s1. The van der Waals surface area contributed by atoms with E-state index in [0.29, 0.717) is 12.0 Å². The molecule has 0 bridgehead atoms. The number of carbonyl (C=O) groups is 9. The summed E-state index contributed by atoms with van der Waals surface area (Å²) in [6.07, 6.45) is 3.66. The Morgan fingerprint density at radius 1 is 0.588 bits per heavy atom. The minimum atomic E-state index is -1.42. The molecule has 21 heteroatoms.